The minimum Gasteiger partial charge on any atom is -0.301 e. The van der Waals surface area contributed by atoms with Crippen molar-refractivity contribution >= 4 is 52.4 Å². The molecule has 8 nitrogen and oxygen atoms in total. The number of hydrogen-bond acceptors (Lipinski definition) is 6. The third kappa shape index (κ3) is 3.79. The van der Waals surface area contributed by atoms with Crippen LogP contribution in [0, 0.1) is 29.9 Å². The summed E-state index contributed by atoms with van der Waals surface area (Å²) >= 11 is 5.14. The van der Waals surface area contributed by atoms with Crippen molar-refractivity contribution in [1.82, 2.24) is 5.32 Å². The van der Waals surface area contributed by atoms with Crippen LogP contribution in [0.25, 0.3) is 0 Å². The van der Waals surface area contributed by atoms with Crippen LogP contribution in [0.4, 0.5) is 17.1 Å². The molecule has 0 aliphatic carbocycles. The Morgan fingerprint density at radius 2 is 1.79 bits per heavy atom. The molecule has 1 N–H and O–H groups in total. The number of carbonyl (C=O) groups is 2. The quantitative estimate of drug-likeness (QED) is 0.281. The molecule has 0 spiro atoms. The van der Waals surface area contributed by atoms with Crippen molar-refractivity contribution in [3.8, 4) is 0 Å². The molecule has 1 aliphatic rings. The molecule has 2 aromatic rings. The van der Waals surface area contributed by atoms with E-state index < -0.39 is 22.7 Å². The maximum absolute atomic E-state index is 12.9. The molecule has 142 valence electrons. The van der Waals surface area contributed by atoms with Gasteiger partial charge in [0, 0.05) is 12.3 Å². The lowest BCUT2D eigenvalue weighted by Crippen LogP contribution is -2.58. The predicted octanol–water partition coefficient (Wildman–Crippen LogP) is 2.98. The molecule has 3 rings (SSSR count). The molecule has 1 atom stereocenters. The van der Waals surface area contributed by atoms with Gasteiger partial charge < -0.3 is 5.32 Å². The van der Waals surface area contributed by atoms with Gasteiger partial charge in [-0.15, -0.1) is 0 Å². The minimum atomic E-state index is -1.26. The number of anilines is 1. The third-order valence-electron chi connectivity index (χ3n) is 4.18. The summed E-state index contributed by atoms with van der Waals surface area (Å²) in [5, 5.41) is 13.7. The van der Waals surface area contributed by atoms with Gasteiger partial charge >= 0.3 is 0 Å². The van der Waals surface area contributed by atoms with Gasteiger partial charge in [-0.25, -0.2) is 0 Å². The maximum atomic E-state index is 12.9. The Bertz CT molecular complexity index is 1020. The van der Waals surface area contributed by atoms with Crippen LogP contribution in [0.1, 0.15) is 11.1 Å². The molecule has 9 heteroatoms. The molecule has 2 amide bonds. The zero-order chi connectivity index (χ0) is 20.4. The first-order valence-electron chi connectivity index (χ1n) is 8.32. The van der Waals surface area contributed by atoms with Crippen molar-refractivity contribution in [2.24, 2.45) is 10.9 Å². The summed E-state index contributed by atoms with van der Waals surface area (Å²) < 4.78 is 0. The van der Waals surface area contributed by atoms with Crippen LogP contribution in [0.3, 0.4) is 0 Å². The summed E-state index contributed by atoms with van der Waals surface area (Å²) in [4.78, 5) is 41.1. The normalized spacial score (nSPS) is 17.1. The van der Waals surface area contributed by atoms with Crippen molar-refractivity contribution in [3.05, 3.63) is 63.7 Å². The van der Waals surface area contributed by atoms with Crippen LogP contribution in [-0.2, 0) is 9.59 Å². The van der Waals surface area contributed by atoms with Crippen molar-refractivity contribution in [2.45, 2.75) is 13.8 Å². The highest BCUT2D eigenvalue weighted by Gasteiger charge is 2.38. The molecule has 0 saturated carbocycles. The number of nitrogens with one attached hydrogen (secondary N) is 1. The number of nitro benzene ring substituents is 1. The van der Waals surface area contributed by atoms with Crippen molar-refractivity contribution in [1.29, 1.82) is 0 Å². The minimum absolute atomic E-state index is 0.0233. The summed E-state index contributed by atoms with van der Waals surface area (Å²) in [6.07, 6.45) is 1.11. The Morgan fingerprint density at radius 1 is 1.14 bits per heavy atom. The Kier molecular flexibility index (Phi) is 5.27. The van der Waals surface area contributed by atoms with E-state index in [2.05, 4.69) is 10.3 Å². The number of hydrogen-bond donors (Lipinski definition) is 1. The molecule has 1 aliphatic heterocycles. The molecular weight excluding hydrogens is 380 g/mol. The molecule has 1 fully saturated rings. The summed E-state index contributed by atoms with van der Waals surface area (Å²) in [6.45, 7) is 3.63. The van der Waals surface area contributed by atoms with Gasteiger partial charge in [-0.1, -0.05) is 23.8 Å². The number of benzene rings is 2. The average molecular weight is 396 g/mol. The standard InChI is InChI=1S/C19H16N4O4S/c1-11-3-6-13(7-4-11)22-18(25)14(17(24)21-19(22)28)10-20-15-8-5-12(2)9-16(15)23(26)27/h3-10,14H,1-2H3,(H,21,24,28). The van der Waals surface area contributed by atoms with Crippen molar-refractivity contribution in [2.75, 3.05) is 4.90 Å². The lowest BCUT2D eigenvalue weighted by molar-refractivity contribution is -0.384. The number of nitro groups is 1. The van der Waals surface area contributed by atoms with Crippen LogP contribution < -0.4 is 10.2 Å². The van der Waals surface area contributed by atoms with Crippen LogP contribution in [0.15, 0.2) is 47.5 Å². The largest absolute Gasteiger partial charge is 0.301 e. The molecule has 0 radical (unpaired) electrons. The number of aryl methyl sites for hydroxylation is 2. The first-order valence-corrected chi connectivity index (χ1v) is 8.73. The summed E-state index contributed by atoms with van der Waals surface area (Å²) in [6, 6.07) is 11.6. The molecular formula is C19H16N4O4S. The second-order valence-corrected chi connectivity index (χ2v) is 6.70. The van der Waals surface area contributed by atoms with E-state index in [1.54, 1.807) is 25.1 Å². The van der Waals surface area contributed by atoms with E-state index >= 15 is 0 Å². The highest BCUT2D eigenvalue weighted by molar-refractivity contribution is 7.80. The van der Waals surface area contributed by atoms with Gasteiger partial charge in [0.25, 0.3) is 11.6 Å². The number of thiocarbonyl (C=S) groups is 1. The number of amides is 2. The van der Waals surface area contributed by atoms with Crippen molar-refractivity contribution in [3.63, 3.8) is 0 Å². The van der Waals surface area contributed by atoms with E-state index in [9.17, 15) is 19.7 Å². The number of nitrogens with zero attached hydrogens (tertiary/aromatic N) is 3. The zero-order valence-corrected chi connectivity index (χ0v) is 15.9. The molecule has 1 heterocycles. The number of carbonyl (C=O) groups excluding carboxylic acids is 2. The highest BCUT2D eigenvalue weighted by Crippen LogP contribution is 2.28. The van der Waals surface area contributed by atoms with Crippen LogP contribution in [-0.4, -0.2) is 28.1 Å². The van der Waals surface area contributed by atoms with Crippen molar-refractivity contribution < 1.29 is 14.5 Å². The molecule has 0 aromatic heterocycles. The van der Waals surface area contributed by atoms with Gasteiger partial charge in [0.2, 0.25) is 5.91 Å². The Balaban J connectivity index is 1.93. The maximum Gasteiger partial charge on any atom is 0.295 e. The predicted molar refractivity (Wildman–Crippen MR) is 109 cm³/mol. The highest BCUT2D eigenvalue weighted by atomic mass is 32.1. The fourth-order valence-corrected chi connectivity index (χ4v) is 3.00. The average Bonchev–Trinajstić information content (AvgIpc) is 2.63. The zero-order valence-electron chi connectivity index (χ0n) is 15.1. The first kappa shape index (κ1) is 19.3. The van der Waals surface area contributed by atoms with Gasteiger partial charge in [-0.2, -0.15) is 0 Å². The third-order valence-corrected chi connectivity index (χ3v) is 4.47. The second kappa shape index (κ2) is 7.65. The van der Waals surface area contributed by atoms with E-state index in [1.807, 2.05) is 19.1 Å². The summed E-state index contributed by atoms with van der Waals surface area (Å²) in [7, 11) is 0. The van der Waals surface area contributed by atoms with Crippen LogP contribution in [0.5, 0.6) is 0 Å². The monoisotopic (exact) mass is 396 g/mol. The lowest BCUT2D eigenvalue weighted by atomic mass is 10.1. The first-order chi connectivity index (χ1) is 13.3. The SMILES string of the molecule is Cc1ccc(N2C(=O)C(C=Nc3ccc(C)cc3[N+](=O)[O-])C(=O)NC2=S)cc1. The van der Waals surface area contributed by atoms with Gasteiger partial charge in [0.05, 0.1) is 10.6 Å². The van der Waals surface area contributed by atoms with Gasteiger partial charge in [0.1, 0.15) is 5.69 Å². The van der Waals surface area contributed by atoms with Gasteiger partial charge in [0.15, 0.2) is 11.0 Å². The summed E-state index contributed by atoms with van der Waals surface area (Å²) in [5.41, 5.74) is 2.08. The molecule has 28 heavy (non-hydrogen) atoms. The van der Waals surface area contributed by atoms with Crippen LogP contribution in [0.2, 0.25) is 0 Å². The topological polar surface area (TPSA) is 105 Å². The molecule has 1 unspecified atom stereocenters. The summed E-state index contributed by atoms with van der Waals surface area (Å²) in [5.74, 6) is -2.46. The Hall–Kier alpha value is -3.46. The molecule has 0 bridgehead atoms. The Morgan fingerprint density at radius 3 is 2.43 bits per heavy atom. The molecule has 2 aromatic carbocycles. The smallest absolute Gasteiger partial charge is 0.295 e. The molecule has 1 saturated heterocycles. The number of rotatable bonds is 4. The second-order valence-electron chi connectivity index (χ2n) is 6.31. The fraction of sp³-hybridized carbons (Fsp3) is 0.158. The number of aliphatic imine (C=N–C) groups is 1. The van der Waals surface area contributed by atoms with E-state index in [4.69, 9.17) is 12.2 Å². The van der Waals surface area contributed by atoms with Crippen LogP contribution >= 0.6 is 12.2 Å². The van der Waals surface area contributed by atoms with E-state index in [-0.39, 0.29) is 16.5 Å². The van der Waals surface area contributed by atoms with E-state index in [0.717, 1.165) is 11.8 Å². The van der Waals surface area contributed by atoms with E-state index in [1.165, 1.54) is 17.0 Å². The van der Waals surface area contributed by atoms with Gasteiger partial charge in [-0.3, -0.25) is 29.6 Å². The van der Waals surface area contributed by atoms with E-state index in [0.29, 0.717) is 11.3 Å². The Labute approximate surface area is 166 Å². The fourth-order valence-electron chi connectivity index (χ4n) is 2.70. The van der Waals surface area contributed by atoms with Gasteiger partial charge in [-0.05, 0) is 49.8 Å². The lowest BCUT2D eigenvalue weighted by Gasteiger charge is -2.30.